The monoisotopic (exact) mass is 452 g/mol. The Morgan fingerprint density at radius 3 is 1.91 bits per heavy atom. The molecule has 0 aliphatic carbocycles. The summed E-state index contributed by atoms with van der Waals surface area (Å²) in [6, 6.07) is 20.6. The van der Waals surface area contributed by atoms with E-state index in [9.17, 15) is 9.59 Å². The summed E-state index contributed by atoms with van der Waals surface area (Å²) in [5, 5.41) is 2.02. The maximum Gasteiger partial charge on any atom is 0.330 e. The zero-order chi connectivity index (χ0) is 23.3. The van der Waals surface area contributed by atoms with Gasteiger partial charge in [-0.05, 0) is 41.6 Å². The number of hydrogen-bond donors (Lipinski definition) is 1. The van der Waals surface area contributed by atoms with E-state index < -0.39 is 8.32 Å². The molecule has 0 bridgehead atoms. The first kappa shape index (κ1) is 26.1. The molecule has 2 aromatic carbocycles. The summed E-state index contributed by atoms with van der Waals surface area (Å²) in [6.45, 7) is 6.74. The quantitative estimate of drug-likeness (QED) is 0.172. The van der Waals surface area contributed by atoms with Crippen molar-refractivity contribution in [2.45, 2.75) is 77.2 Å². The van der Waals surface area contributed by atoms with E-state index in [0.29, 0.717) is 6.61 Å². The number of allylic oxidation sites excluding steroid dienone is 1. The molecule has 32 heavy (non-hydrogen) atoms. The highest BCUT2D eigenvalue weighted by molar-refractivity contribution is 6.98. The average Bonchev–Trinajstić information content (AvgIpc) is 2.81. The summed E-state index contributed by atoms with van der Waals surface area (Å²) in [6.07, 6.45) is 12.4. The summed E-state index contributed by atoms with van der Waals surface area (Å²) >= 11 is 0. The number of rotatable bonds is 14. The van der Waals surface area contributed by atoms with Crippen molar-refractivity contribution in [1.82, 2.24) is 0 Å². The molecule has 0 radical (unpaired) electrons. The molecule has 2 rings (SSSR count). The van der Waals surface area contributed by atoms with Crippen molar-refractivity contribution in [2.24, 2.45) is 0 Å². The van der Waals surface area contributed by atoms with Gasteiger partial charge in [0.2, 0.25) is 0 Å². The number of benzene rings is 2. The molecule has 174 valence electrons. The third kappa shape index (κ3) is 7.46. The van der Waals surface area contributed by atoms with Gasteiger partial charge in [-0.1, -0.05) is 113 Å². The van der Waals surface area contributed by atoms with Crippen molar-refractivity contribution in [3.8, 4) is 0 Å². The number of unbranched alkanes of at least 4 members (excludes halogenated alkanes) is 6. The van der Waals surface area contributed by atoms with Crippen LogP contribution in [0.25, 0.3) is 0 Å². The molecule has 0 spiro atoms. The maximum atomic E-state index is 12.2. The SMILES string of the molecule is CCOC(=O)/C=C/CCCCCCCCC(C)(C)[Si](O)(c1ccccc1)c1ccccc1. The molecule has 0 aliphatic rings. The summed E-state index contributed by atoms with van der Waals surface area (Å²) in [7, 11) is -2.88. The summed E-state index contributed by atoms with van der Waals surface area (Å²) in [5.41, 5.74) is 0. The van der Waals surface area contributed by atoms with E-state index in [1.165, 1.54) is 31.8 Å². The van der Waals surface area contributed by atoms with Crippen LogP contribution in [0.1, 0.15) is 72.1 Å². The number of ether oxygens (including phenoxy) is 1. The molecule has 0 saturated carbocycles. The van der Waals surface area contributed by atoms with Crippen LogP contribution in [0.15, 0.2) is 72.8 Å². The van der Waals surface area contributed by atoms with Gasteiger partial charge in [0.25, 0.3) is 8.32 Å². The fraction of sp³-hybridized carbons (Fsp3) is 0.464. The molecule has 3 nitrogen and oxygen atoms in total. The Morgan fingerprint density at radius 1 is 0.875 bits per heavy atom. The van der Waals surface area contributed by atoms with Crippen LogP contribution in [0.3, 0.4) is 0 Å². The van der Waals surface area contributed by atoms with E-state index in [1.54, 1.807) is 0 Å². The van der Waals surface area contributed by atoms with Crippen LogP contribution in [0, 0.1) is 0 Å². The molecular weight excluding hydrogens is 412 g/mol. The standard InChI is InChI=1S/C28H40O3Si/c1-4-31-27(29)23-17-9-7-5-6-8-10-18-24-28(2,3)32(30,25-19-13-11-14-20-25)26-21-15-12-16-22-26/h11-17,19-23,30H,4-10,18,24H2,1-3H3/b23-17+. The summed E-state index contributed by atoms with van der Waals surface area (Å²) in [4.78, 5) is 23.4. The molecule has 0 unspecified atom stereocenters. The Balaban J connectivity index is 1.82. The van der Waals surface area contributed by atoms with Crippen LogP contribution in [-0.2, 0) is 9.53 Å². The Kier molecular flexibility index (Phi) is 10.9. The maximum absolute atomic E-state index is 12.2. The van der Waals surface area contributed by atoms with Crippen molar-refractivity contribution in [3.63, 3.8) is 0 Å². The lowest BCUT2D eigenvalue weighted by molar-refractivity contribution is -0.137. The molecule has 0 atom stereocenters. The zero-order valence-corrected chi connectivity index (χ0v) is 21.1. The van der Waals surface area contributed by atoms with E-state index in [1.807, 2.05) is 49.4 Å². The van der Waals surface area contributed by atoms with Crippen LogP contribution in [-0.4, -0.2) is 25.7 Å². The first-order valence-electron chi connectivity index (χ1n) is 12.1. The Bertz CT molecular complexity index is 776. The summed E-state index contributed by atoms with van der Waals surface area (Å²) in [5.74, 6) is -0.246. The van der Waals surface area contributed by atoms with E-state index in [4.69, 9.17) is 4.74 Å². The Hall–Kier alpha value is -2.17. The van der Waals surface area contributed by atoms with Crippen LogP contribution in [0.5, 0.6) is 0 Å². The molecule has 0 saturated heterocycles. The highest BCUT2D eigenvalue weighted by atomic mass is 28.4. The van der Waals surface area contributed by atoms with Gasteiger partial charge in [-0.2, -0.15) is 0 Å². The third-order valence-electron chi connectivity index (χ3n) is 6.33. The Labute approximate surface area is 195 Å². The van der Waals surface area contributed by atoms with Crippen molar-refractivity contribution in [2.75, 3.05) is 6.61 Å². The molecule has 0 fully saturated rings. The number of carbonyl (C=O) groups excluding carboxylic acids is 1. The van der Waals surface area contributed by atoms with Gasteiger partial charge in [-0.3, -0.25) is 0 Å². The fourth-order valence-electron chi connectivity index (χ4n) is 4.39. The normalized spacial score (nSPS) is 12.2. The zero-order valence-electron chi connectivity index (χ0n) is 20.1. The third-order valence-corrected chi connectivity index (χ3v) is 10.9. The van der Waals surface area contributed by atoms with Crippen LogP contribution in [0.4, 0.5) is 0 Å². The predicted octanol–water partition coefficient (Wildman–Crippen LogP) is 5.76. The van der Waals surface area contributed by atoms with Crippen molar-refractivity contribution in [3.05, 3.63) is 72.8 Å². The number of hydrogen-bond acceptors (Lipinski definition) is 3. The second-order valence-corrected chi connectivity index (χ2v) is 13.1. The van der Waals surface area contributed by atoms with Crippen molar-refractivity contribution in [1.29, 1.82) is 0 Å². The van der Waals surface area contributed by atoms with E-state index in [2.05, 4.69) is 38.1 Å². The van der Waals surface area contributed by atoms with Crippen molar-refractivity contribution < 1.29 is 14.3 Å². The highest BCUT2D eigenvalue weighted by Gasteiger charge is 2.49. The number of esters is 1. The topological polar surface area (TPSA) is 46.5 Å². The minimum atomic E-state index is -2.88. The van der Waals surface area contributed by atoms with Gasteiger partial charge < -0.3 is 9.53 Å². The largest absolute Gasteiger partial charge is 0.463 e. The molecule has 4 heteroatoms. The molecular formula is C28H40O3Si. The molecule has 2 aromatic rings. The second kappa shape index (κ2) is 13.4. The first-order valence-corrected chi connectivity index (χ1v) is 14.0. The van der Waals surface area contributed by atoms with E-state index >= 15 is 0 Å². The van der Waals surface area contributed by atoms with Crippen LogP contribution >= 0.6 is 0 Å². The second-order valence-electron chi connectivity index (χ2n) is 9.14. The van der Waals surface area contributed by atoms with Gasteiger partial charge >= 0.3 is 5.97 Å². The highest BCUT2D eigenvalue weighted by Crippen LogP contribution is 2.40. The van der Waals surface area contributed by atoms with Gasteiger partial charge in [-0.15, -0.1) is 0 Å². The smallest absolute Gasteiger partial charge is 0.330 e. The van der Waals surface area contributed by atoms with Gasteiger partial charge in [0, 0.05) is 6.08 Å². The molecule has 0 aromatic heterocycles. The minimum Gasteiger partial charge on any atom is -0.463 e. The Morgan fingerprint density at radius 2 is 1.38 bits per heavy atom. The van der Waals surface area contributed by atoms with Gasteiger partial charge in [0.15, 0.2) is 0 Å². The minimum absolute atomic E-state index is 0.159. The summed E-state index contributed by atoms with van der Waals surface area (Å²) < 4.78 is 4.88. The molecule has 0 aliphatic heterocycles. The fourth-order valence-corrected chi connectivity index (χ4v) is 8.18. The predicted molar refractivity (Wildman–Crippen MR) is 137 cm³/mol. The van der Waals surface area contributed by atoms with Crippen LogP contribution < -0.4 is 10.4 Å². The van der Waals surface area contributed by atoms with Gasteiger partial charge in [0.05, 0.1) is 6.61 Å². The average molecular weight is 453 g/mol. The van der Waals surface area contributed by atoms with Gasteiger partial charge in [0.1, 0.15) is 0 Å². The lowest BCUT2D eigenvalue weighted by Crippen LogP contribution is -2.65. The molecule has 1 N–H and O–H groups in total. The van der Waals surface area contributed by atoms with E-state index in [0.717, 1.165) is 36.1 Å². The van der Waals surface area contributed by atoms with Crippen LogP contribution in [0.2, 0.25) is 5.04 Å². The molecule has 0 heterocycles. The van der Waals surface area contributed by atoms with Crippen molar-refractivity contribution >= 4 is 24.7 Å². The number of carbonyl (C=O) groups is 1. The van der Waals surface area contributed by atoms with Gasteiger partial charge in [-0.25, -0.2) is 4.79 Å². The van der Waals surface area contributed by atoms with E-state index in [-0.39, 0.29) is 11.0 Å². The lowest BCUT2D eigenvalue weighted by Gasteiger charge is -2.41. The lowest BCUT2D eigenvalue weighted by atomic mass is 10.0. The molecule has 0 amide bonds. The first-order chi connectivity index (χ1) is 15.4.